The Morgan fingerprint density at radius 3 is 2.44 bits per heavy atom. The van der Waals surface area contributed by atoms with Crippen molar-refractivity contribution in [2.45, 2.75) is 13.8 Å². The smallest absolute Gasteiger partial charge is 0.153 e. The van der Waals surface area contributed by atoms with E-state index in [1.54, 1.807) is 0 Å². The Bertz CT molecular complexity index is 486. The van der Waals surface area contributed by atoms with E-state index in [9.17, 15) is 0 Å². The molecule has 82 valence electrons. The second-order valence-corrected chi connectivity index (χ2v) is 3.91. The summed E-state index contributed by atoms with van der Waals surface area (Å²) < 4.78 is 5.80. The van der Waals surface area contributed by atoms with Gasteiger partial charge in [0.1, 0.15) is 5.75 Å². The normalized spacial score (nSPS) is 10.1. The topological polar surface area (TPSA) is 35.2 Å². The lowest BCUT2D eigenvalue weighted by atomic mass is 10.2. The molecular weight excluding hydrogens is 198 g/mol. The molecule has 0 unspecified atom stereocenters. The van der Waals surface area contributed by atoms with Crippen LogP contribution in [-0.4, -0.2) is 0 Å². The van der Waals surface area contributed by atoms with Gasteiger partial charge in [0, 0.05) is 0 Å². The Morgan fingerprint density at radius 1 is 1.00 bits per heavy atom. The highest BCUT2D eigenvalue weighted by Crippen LogP contribution is 2.30. The highest BCUT2D eigenvalue weighted by Gasteiger charge is 2.05. The molecule has 0 atom stereocenters. The van der Waals surface area contributed by atoms with Crippen molar-refractivity contribution >= 4 is 5.69 Å². The minimum Gasteiger partial charge on any atom is -0.455 e. The van der Waals surface area contributed by atoms with E-state index in [2.05, 4.69) is 0 Å². The zero-order chi connectivity index (χ0) is 11.5. The molecular formula is C14H15NO. The van der Waals surface area contributed by atoms with E-state index in [1.807, 2.05) is 56.3 Å². The number of nitrogens with two attached hydrogens (primary N) is 1. The van der Waals surface area contributed by atoms with Crippen LogP contribution in [-0.2, 0) is 0 Å². The lowest BCUT2D eigenvalue weighted by molar-refractivity contribution is 0.481. The Labute approximate surface area is 95.7 Å². The van der Waals surface area contributed by atoms with E-state index in [0.717, 1.165) is 17.1 Å². The molecule has 0 radical (unpaired) electrons. The van der Waals surface area contributed by atoms with Crippen LogP contribution < -0.4 is 10.5 Å². The van der Waals surface area contributed by atoms with Gasteiger partial charge in [0.2, 0.25) is 0 Å². The predicted octanol–water partition coefficient (Wildman–Crippen LogP) is 3.68. The van der Waals surface area contributed by atoms with Crippen molar-refractivity contribution in [1.82, 2.24) is 0 Å². The average molecular weight is 213 g/mol. The highest BCUT2D eigenvalue weighted by atomic mass is 16.5. The molecule has 0 aliphatic carbocycles. The molecule has 2 nitrogen and oxygen atoms in total. The number of benzene rings is 2. The molecule has 0 fully saturated rings. The molecule has 0 aliphatic rings. The van der Waals surface area contributed by atoms with Crippen LogP contribution in [0.5, 0.6) is 11.5 Å². The van der Waals surface area contributed by atoms with Gasteiger partial charge in [-0.25, -0.2) is 0 Å². The second-order valence-electron chi connectivity index (χ2n) is 3.91. The third-order valence-electron chi connectivity index (χ3n) is 2.45. The van der Waals surface area contributed by atoms with E-state index >= 15 is 0 Å². The van der Waals surface area contributed by atoms with Crippen molar-refractivity contribution in [3.63, 3.8) is 0 Å². The first kappa shape index (κ1) is 10.6. The average Bonchev–Trinajstić information content (AvgIpc) is 2.24. The van der Waals surface area contributed by atoms with Crippen molar-refractivity contribution in [2.24, 2.45) is 0 Å². The molecule has 0 spiro atoms. The Balaban J connectivity index is 2.34. The minimum atomic E-state index is 0.668. The summed E-state index contributed by atoms with van der Waals surface area (Å²) in [7, 11) is 0. The van der Waals surface area contributed by atoms with Crippen LogP contribution in [0.1, 0.15) is 11.1 Å². The molecule has 0 heterocycles. The predicted molar refractivity (Wildman–Crippen MR) is 66.8 cm³/mol. The van der Waals surface area contributed by atoms with Gasteiger partial charge in [-0.15, -0.1) is 0 Å². The molecule has 0 amide bonds. The summed E-state index contributed by atoms with van der Waals surface area (Å²) in [6.45, 7) is 4.02. The summed E-state index contributed by atoms with van der Waals surface area (Å²) in [5.41, 5.74) is 8.76. The number of hydrogen-bond donors (Lipinski definition) is 1. The third kappa shape index (κ3) is 2.16. The number of nitrogen functional groups attached to an aromatic ring is 1. The summed E-state index contributed by atoms with van der Waals surface area (Å²) in [6.07, 6.45) is 0. The maximum atomic E-state index is 5.88. The molecule has 16 heavy (non-hydrogen) atoms. The molecule has 0 bridgehead atoms. The zero-order valence-corrected chi connectivity index (χ0v) is 9.53. The molecule has 2 aromatic carbocycles. The first-order valence-corrected chi connectivity index (χ1v) is 5.26. The summed E-state index contributed by atoms with van der Waals surface area (Å²) in [6, 6.07) is 13.7. The first-order chi connectivity index (χ1) is 7.66. The summed E-state index contributed by atoms with van der Waals surface area (Å²) >= 11 is 0. The van der Waals surface area contributed by atoms with Gasteiger partial charge in [0.25, 0.3) is 0 Å². The highest BCUT2D eigenvalue weighted by molar-refractivity contribution is 5.57. The summed E-state index contributed by atoms with van der Waals surface area (Å²) in [5, 5.41) is 0. The van der Waals surface area contributed by atoms with Gasteiger partial charge in [0.05, 0.1) is 5.69 Å². The van der Waals surface area contributed by atoms with Crippen LogP contribution in [0.4, 0.5) is 5.69 Å². The molecule has 0 aromatic heterocycles. The molecule has 2 aromatic rings. The Hall–Kier alpha value is -1.96. The third-order valence-corrected chi connectivity index (χ3v) is 2.45. The van der Waals surface area contributed by atoms with Crippen LogP contribution in [0.3, 0.4) is 0 Å². The van der Waals surface area contributed by atoms with Gasteiger partial charge in [-0.05, 0) is 43.2 Å². The van der Waals surface area contributed by atoms with Crippen LogP contribution in [0.25, 0.3) is 0 Å². The second kappa shape index (κ2) is 4.27. The molecule has 0 saturated carbocycles. The molecule has 2 N–H and O–H groups in total. The van der Waals surface area contributed by atoms with Gasteiger partial charge in [0.15, 0.2) is 5.75 Å². The summed E-state index contributed by atoms with van der Waals surface area (Å²) in [5.74, 6) is 1.56. The number of hydrogen-bond acceptors (Lipinski definition) is 2. The van der Waals surface area contributed by atoms with Crippen LogP contribution in [0, 0.1) is 13.8 Å². The van der Waals surface area contributed by atoms with Crippen molar-refractivity contribution in [3.05, 3.63) is 53.6 Å². The monoisotopic (exact) mass is 213 g/mol. The van der Waals surface area contributed by atoms with Crippen LogP contribution in [0.15, 0.2) is 42.5 Å². The maximum Gasteiger partial charge on any atom is 0.153 e. The van der Waals surface area contributed by atoms with Crippen LogP contribution in [0.2, 0.25) is 0 Å². The van der Waals surface area contributed by atoms with E-state index < -0.39 is 0 Å². The van der Waals surface area contributed by atoms with Crippen molar-refractivity contribution in [2.75, 3.05) is 5.73 Å². The molecule has 0 saturated heterocycles. The fourth-order valence-corrected chi connectivity index (χ4v) is 1.61. The van der Waals surface area contributed by atoms with E-state index in [-0.39, 0.29) is 0 Å². The van der Waals surface area contributed by atoms with Crippen molar-refractivity contribution < 1.29 is 4.74 Å². The van der Waals surface area contributed by atoms with Crippen molar-refractivity contribution in [3.8, 4) is 11.5 Å². The summed E-state index contributed by atoms with van der Waals surface area (Å²) in [4.78, 5) is 0. The number of para-hydroxylation sites is 1. The number of anilines is 1. The zero-order valence-electron chi connectivity index (χ0n) is 9.53. The SMILES string of the molecule is Cc1cccc(Oc2c(C)cccc2N)c1. The number of rotatable bonds is 2. The van der Waals surface area contributed by atoms with E-state index in [4.69, 9.17) is 10.5 Å². The fourth-order valence-electron chi connectivity index (χ4n) is 1.61. The number of ether oxygens (including phenoxy) is 1. The quantitative estimate of drug-likeness (QED) is 0.772. The fraction of sp³-hybridized carbons (Fsp3) is 0.143. The van der Waals surface area contributed by atoms with Crippen molar-refractivity contribution in [1.29, 1.82) is 0 Å². The molecule has 2 rings (SSSR count). The van der Waals surface area contributed by atoms with E-state index in [0.29, 0.717) is 5.69 Å². The lowest BCUT2D eigenvalue weighted by Crippen LogP contribution is -1.94. The Morgan fingerprint density at radius 2 is 1.75 bits per heavy atom. The van der Waals surface area contributed by atoms with Gasteiger partial charge in [-0.2, -0.15) is 0 Å². The van der Waals surface area contributed by atoms with Gasteiger partial charge >= 0.3 is 0 Å². The largest absolute Gasteiger partial charge is 0.455 e. The Kier molecular flexibility index (Phi) is 2.82. The van der Waals surface area contributed by atoms with Crippen LogP contribution >= 0.6 is 0 Å². The molecule has 2 heteroatoms. The first-order valence-electron chi connectivity index (χ1n) is 5.26. The molecule has 0 aliphatic heterocycles. The van der Waals surface area contributed by atoms with Gasteiger partial charge < -0.3 is 10.5 Å². The van der Waals surface area contributed by atoms with Gasteiger partial charge in [-0.3, -0.25) is 0 Å². The minimum absolute atomic E-state index is 0.668. The maximum absolute atomic E-state index is 5.88. The number of aryl methyl sites for hydroxylation is 2. The lowest BCUT2D eigenvalue weighted by Gasteiger charge is -2.11. The van der Waals surface area contributed by atoms with E-state index in [1.165, 1.54) is 5.56 Å². The standard InChI is InChI=1S/C14H15NO/c1-10-5-3-7-12(9-10)16-14-11(2)6-4-8-13(14)15/h3-9H,15H2,1-2H3. The van der Waals surface area contributed by atoms with Gasteiger partial charge in [-0.1, -0.05) is 24.3 Å².